The number of ether oxygens (including phenoxy) is 1. The molecule has 0 bridgehead atoms. The van der Waals surface area contributed by atoms with Crippen LogP contribution in [0.2, 0.25) is 0 Å². The summed E-state index contributed by atoms with van der Waals surface area (Å²) >= 11 is 5.38. The van der Waals surface area contributed by atoms with Gasteiger partial charge in [0.15, 0.2) is 5.11 Å². The molecule has 1 aliphatic carbocycles. The number of hydrogen-bond acceptors (Lipinski definition) is 7. The molecule has 11 heteroatoms. The maximum atomic E-state index is 12.2. The third-order valence-corrected chi connectivity index (χ3v) is 6.42. The molecule has 198 valence electrons. The smallest absolute Gasteiger partial charge is 0.336 e. The predicted octanol–water partition coefficient (Wildman–Crippen LogP) is 3.88. The Balaban J connectivity index is 1.61. The van der Waals surface area contributed by atoms with Crippen LogP contribution in [0.5, 0.6) is 11.5 Å². The summed E-state index contributed by atoms with van der Waals surface area (Å²) in [4.78, 5) is 23.0. The van der Waals surface area contributed by atoms with E-state index < -0.39 is 18.0 Å². The molecular weight excluding hydrogens is 510 g/mol. The summed E-state index contributed by atoms with van der Waals surface area (Å²) < 4.78 is 5.93. The lowest BCUT2D eigenvalue weighted by Crippen LogP contribution is -2.31. The number of aliphatic hydroxyl groups excluding tert-OH is 1. The quantitative estimate of drug-likeness (QED) is 0.183. The number of carboxylic acids is 2. The molecule has 1 aliphatic heterocycles. The zero-order chi connectivity index (χ0) is 27.4. The van der Waals surface area contributed by atoms with Gasteiger partial charge in [-0.15, -0.1) is 0 Å². The highest BCUT2D eigenvalue weighted by atomic mass is 32.1. The summed E-state index contributed by atoms with van der Waals surface area (Å²) in [5, 5.41) is 45.3. The summed E-state index contributed by atoms with van der Waals surface area (Å²) in [5.41, 5.74) is 8.44. The van der Waals surface area contributed by atoms with E-state index >= 15 is 0 Å². The standard InChI is InChI=1S/C27H27N3O7S/c28-21(26(35)36)3-1-2-10-29-27(38)30-14-4-7-17(25(33)34)20(11-14)24-18-8-5-15(31)12-22(18)37-23-13-16(32)6-9-19(23)24/h4-8,11-13,21,31-32H,1-3,9-10,28H2,(H,33,34)(H,35,36)(H2,29,30,38)/t21-/m0/s1. The predicted molar refractivity (Wildman–Crippen MR) is 145 cm³/mol. The van der Waals surface area contributed by atoms with Gasteiger partial charge in [-0.2, -0.15) is 0 Å². The maximum Gasteiger partial charge on any atom is 0.336 e. The van der Waals surface area contributed by atoms with E-state index in [0.29, 0.717) is 76.8 Å². The Hall–Kier alpha value is -4.35. The van der Waals surface area contributed by atoms with Crippen molar-refractivity contribution in [2.75, 3.05) is 11.9 Å². The van der Waals surface area contributed by atoms with Gasteiger partial charge in [0.05, 0.1) is 5.56 Å². The van der Waals surface area contributed by atoms with Gasteiger partial charge < -0.3 is 41.5 Å². The molecule has 2 aromatic rings. The van der Waals surface area contributed by atoms with Gasteiger partial charge in [-0.25, -0.2) is 4.79 Å². The molecule has 2 aliphatic rings. The van der Waals surface area contributed by atoms with E-state index in [0.717, 1.165) is 0 Å². The van der Waals surface area contributed by atoms with Gasteiger partial charge in [0.2, 0.25) is 0 Å². The molecular formula is C27H27N3O7S. The number of nitrogens with two attached hydrogens (primary N) is 1. The van der Waals surface area contributed by atoms with E-state index in [1.54, 1.807) is 24.3 Å². The topological polar surface area (TPSA) is 174 Å². The summed E-state index contributed by atoms with van der Waals surface area (Å²) in [6.07, 6.45) is 5.03. The number of aliphatic hydroxyl groups is 1. The Morgan fingerprint density at radius 3 is 2.61 bits per heavy atom. The Morgan fingerprint density at radius 2 is 1.87 bits per heavy atom. The van der Waals surface area contributed by atoms with Crippen molar-refractivity contribution in [1.82, 2.24) is 5.32 Å². The second-order valence-corrected chi connectivity index (χ2v) is 9.27. The Morgan fingerprint density at radius 1 is 1.08 bits per heavy atom. The molecule has 0 unspecified atom stereocenters. The van der Waals surface area contributed by atoms with Crippen molar-refractivity contribution >= 4 is 40.5 Å². The fourth-order valence-electron chi connectivity index (χ4n) is 4.30. The number of aliphatic carboxylic acids is 1. The number of rotatable bonds is 9. The first-order valence-corrected chi connectivity index (χ1v) is 12.3. The first-order chi connectivity index (χ1) is 18.1. The lowest BCUT2D eigenvalue weighted by Gasteiger charge is -2.28. The van der Waals surface area contributed by atoms with E-state index in [1.165, 1.54) is 24.3 Å². The Bertz CT molecular complexity index is 1400. The van der Waals surface area contributed by atoms with Crippen molar-refractivity contribution in [1.29, 1.82) is 0 Å². The number of fused-ring (bicyclic) bond motifs is 2. The largest absolute Gasteiger partial charge is 0.508 e. The zero-order valence-electron chi connectivity index (χ0n) is 20.2. The van der Waals surface area contributed by atoms with Gasteiger partial charge in [-0.1, -0.05) is 0 Å². The van der Waals surface area contributed by atoms with Crippen LogP contribution in [0, 0.1) is 0 Å². The average Bonchev–Trinajstić information content (AvgIpc) is 2.86. The van der Waals surface area contributed by atoms with Gasteiger partial charge in [-0.3, -0.25) is 4.79 Å². The number of unbranched alkanes of at least 4 members (excludes halogenated alkanes) is 1. The minimum absolute atomic E-state index is 0.0158. The molecule has 0 saturated heterocycles. The third-order valence-electron chi connectivity index (χ3n) is 6.17. The van der Waals surface area contributed by atoms with Crippen molar-refractivity contribution in [3.05, 3.63) is 82.3 Å². The van der Waals surface area contributed by atoms with Gasteiger partial charge in [0.1, 0.15) is 29.1 Å². The number of aromatic carboxylic acids is 1. The SMILES string of the molecule is N[C@@H](CCCCNC(=S)Nc1ccc(C(=O)O)c(C2=C3CC=C(O)C=C3Oc3cc(O)ccc32)c1)C(=O)O. The summed E-state index contributed by atoms with van der Waals surface area (Å²) in [6.45, 7) is 0.506. The number of allylic oxidation sites excluding steroid dienone is 3. The van der Waals surface area contributed by atoms with Crippen LogP contribution >= 0.6 is 12.2 Å². The van der Waals surface area contributed by atoms with Crippen molar-refractivity contribution in [2.45, 2.75) is 31.7 Å². The van der Waals surface area contributed by atoms with Gasteiger partial charge in [0.25, 0.3) is 0 Å². The molecule has 0 radical (unpaired) electrons. The summed E-state index contributed by atoms with van der Waals surface area (Å²) in [6, 6.07) is 8.49. The lowest BCUT2D eigenvalue weighted by atomic mass is 9.84. The molecule has 10 nitrogen and oxygen atoms in total. The van der Waals surface area contributed by atoms with E-state index in [2.05, 4.69) is 10.6 Å². The van der Waals surface area contributed by atoms with Crippen LogP contribution in [0.15, 0.2) is 65.6 Å². The highest BCUT2D eigenvalue weighted by Gasteiger charge is 2.30. The second-order valence-electron chi connectivity index (χ2n) is 8.86. The van der Waals surface area contributed by atoms with Crippen molar-refractivity contribution in [2.24, 2.45) is 5.73 Å². The number of aromatic hydroxyl groups is 1. The first-order valence-electron chi connectivity index (χ1n) is 11.9. The molecule has 4 rings (SSSR count). The van der Waals surface area contributed by atoms with E-state index in [4.69, 9.17) is 27.8 Å². The van der Waals surface area contributed by atoms with E-state index in [9.17, 15) is 24.9 Å². The van der Waals surface area contributed by atoms with Crippen molar-refractivity contribution in [3.63, 3.8) is 0 Å². The second kappa shape index (κ2) is 11.4. The Labute approximate surface area is 223 Å². The van der Waals surface area contributed by atoms with Gasteiger partial charge >= 0.3 is 11.9 Å². The van der Waals surface area contributed by atoms with Crippen LogP contribution in [0.4, 0.5) is 5.69 Å². The van der Waals surface area contributed by atoms with Crippen LogP contribution in [-0.2, 0) is 4.79 Å². The number of thiocarbonyl (C=S) groups is 1. The van der Waals surface area contributed by atoms with E-state index in [1.807, 2.05) is 0 Å². The fraction of sp³-hybridized carbons (Fsp3) is 0.222. The Kier molecular flexibility index (Phi) is 7.99. The molecule has 0 aromatic heterocycles. The van der Waals surface area contributed by atoms with Crippen LogP contribution < -0.4 is 21.1 Å². The van der Waals surface area contributed by atoms with Crippen LogP contribution in [0.1, 0.15) is 47.2 Å². The minimum Gasteiger partial charge on any atom is -0.508 e. The van der Waals surface area contributed by atoms with Crippen LogP contribution in [-0.4, -0.2) is 50.1 Å². The lowest BCUT2D eigenvalue weighted by molar-refractivity contribution is -0.138. The number of nitrogens with one attached hydrogen (secondary N) is 2. The maximum absolute atomic E-state index is 12.2. The highest BCUT2D eigenvalue weighted by Crippen LogP contribution is 2.46. The number of benzene rings is 2. The molecule has 38 heavy (non-hydrogen) atoms. The number of hydrogen-bond donors (Lipinski definition) is 7. The molecule has 1 atom stereocenters. The summed E-state index contributed by atoms with van der Waals surface area (Å²) in [5.74, 6) is -1.43. The molecule has 0 amide bonds. The molecule has 8 N–H and O–H groups in total. The molecule has 0 spiro atoms. The van der Waals surface area contributed by atoms with Crippen molar-refractivity contribution in [3.8, 4) is 11.5 Å². The van der Waals surface area contributed by atoms with Crippen molar-refractivity contribution < 1.29 is 34.8 Å². The molecule has 0 fully saturated rings. The minimum atomic E-state index is -1.12. The number of anilines is 1. The molecule has 1 heterocycles. The van der Waals surface area contributed by atoms with Gasteiger partial charge in [-0.05, 0) is 79.9 Å². The monoisotopic (exact) mass is 537 g/mol. The third kappa shape index (κ3) is 5.96. The molecule has 0 saturated carbocycles. The zero-order valence-corrected chi connectivity index (χ0v) is 21.0. The van der Waals surface area contributed by atoms with E-state index in [-0.39, 0.29) is 17.1 Å². The number of carboxylic acid groups (broad SMARTS) is 2. The van der Waals surface area contributed by atoms with Crippen LogP contribution in [0.25, 0.3) is 5.57 Å². The average molecular weight is 538 g/mol. The number of phenols is 1. The normalized spacial score (nSPS) is 14.8. The fourth-order valence-corrected chi connectivity index (χ4v) is 4.52. The number of carbonyl (C=O) groups is 2. The first kappa shape index (κ1) is 26.7. The van der Waals surface area contributed by atoms with Crippen LogP contribution in [0.3, 0.4) is 0 Å². The summed E-state index contributed by atoms with van der Waals surface area (Å²) in [7, 11) is 0. The number of phenolic OH excluding ortho intramolecular Hbond substituents is 1. The highest BCUT2D eigenvalue weighted by molar-refractivity contribution is 7.80. The molecule has 2 aromatic carbocycles. The van der Waals surface area contributed by atoms with Gasteiger partial charge in [0, 0.05) is 41.1 Å².